The number of rotatable bonds is 8. The van der Waals surface area contributed by atoms with Gasteiger partial charge in [0.2, 0.25) is 0 Å². The Kier molecular flexibility index (Phi) is 7.48. The molecule has 1 saturated heterocycles. The van der Waals surface area contributed by atoms with Gasteiger partial charge in [0, 0.05) is 13.7 Å². The molecule has 1 aliphatic heterocycles. The molecule has 0 bridgehead atoms. The van der Waals surface area contributed by atoms with Gasteiger partial charge in [0.05, 0.1) is 13.2 Å². The van der Waals surface area contributed by atoms with E-state index in [1.165, 1.54) is 26.5 Å². The third kappa shape index (κ3) is 5.04. The van der Waals surface area contributed by atoms with Gasteiger partial charge in [-0.2, -0.15) is 0 Å². The smallest absolute Gasteiger partial charge is 0.325 e. The molecule has 0 spiro atoms. The first-order chi connectivity index (χ1) is 9.55. The van der Waals surface area contributed by atoms with Crippen LogP contribution in [0.3, 0.4) is 0 Å². The molecule has 0 radical (unpaired) electrons. The van der Waals surface area contributed by atoms with Crippen molar-refractivity contribution in [3.05, 3.63) is 0 Å². The minimum absolute atomic E-state index is 0.183. The van der Waals surface area contributed by atoms with E-state index in [9.17, 15) is 4.79 Å². The molecule has 1 aliphatic rings. The van der Waals surface area contributed by atoms with Crippen LogP contribution < -0.4 is 5.32 Å². The van der Waals surface area contributed by atoms with E-state index in [0.717, 1.165) is 32.4 Å². The second-order valence-corrected chi connectivity index (χ2v) is 5.83. The molecule has 0 aromatic heterocycles. The molecule has 0 aromatic carbocycles. The molecule has 5 heteroatoms. The highest BCUT2D eigenvalue weighted by Gasteiger charge is 2.31. The Hall–Kier alpha value is -0.650. The molecule has 20 heavy (non-hydrogen) atoms. The lowest BCUT2D eigenvalue weighted by molar-refractivity contribution is -0.148. The first kappa shape index (κ1) is 17.4. The SMILES string of the molecule is CNC(C)(CCCCN1CCCC(OC)C1)C(=O)OC. The summed E-state index contributed by atoms with van der Waals surface area (Å²) < 4.78 is 10.3. The molecule has 0 aliphatic carbocycles. The van der Waals surface area contributed by atoms with Crippen LogP contribution in [-0.2, 0) is 14.3 Å². The Labute approximate surface area is 123 Å². The Morgan fingerprint density at radius 3 is 2.75 bits per heavy atom. The number of carbonyl (C=O) groups is 1. The van der Waals surface area contributed by atoms with E-state index in [1.54, 1.807) is 7.11 Å². The molecular weight excluding hydrogens is 256 g/mol. The van der Waals surface area contributed by atoms with Gasteiger partial charge < -0.3 is 19.7 Å². The van der Waals surface area contributed by atoms with Gasteiger partial charge in [0.25, 0.3) is 0 Å². The second-order valence-electron chi connectivity index (χ2n) is 5.83. The van der Waals surface area contributed by atoms with Crippen molar-refractivity contribution in [2.45, 2.75) is 50.7 Å². The van der Waals surface area contributed by atoms with E-state index >= 15 is 0 Å². The fourth-order valence-electron chi connectivity index (χ4n) is 2.78. The molecule has 1 rings (SSSR count). The Bertz CT molecular complexity index is 299. The van der Waals surface area contributed by atoms with Crippen LogP contribution in [0.15, 0.2) is 0 Å². The van der Waals surface area contributed by atoms with Crippen LogP contribution in [0.5, 0.6) is 0 Å². The van der Waals surface area contributed by atoms with E-state index in [-0.39, 0.29) is 5.97 Å². The van der Waals surface area contributed by atoms with Crippen molar-refractivity contribution in [3.8, 4) is 0 Å². The third-order valence-corrected chi connectivity index (χ3v) is 4.38. The molecule has 0 amide bonds. The van der Waals surface area contributed by atoms with Crippen LogP contribution in [-0.4, -0.2) is 63.4 Å². The second kappa shape index (κ2) is 8.60. The number of ether oxygens (including phenoxy) is 2. The Morgan fingerprint density at radius 2 is 2.15 bits per heavy atom. The standard InChI is InChI=1S/C15H30N2O3/c1-15(16-2,14(18)20-4)9-5-6-10-17-11-7-8-13(12-17)19-3/h13,16H,5-12H2,1-4H3. The molecule has 0 saturated carbocycles. The van der Waals surface area contributed by atoms with Gasteiger partial charge in [-0.15, -0.1) is 0 Å². The zero-order chi connectivity index (χ0) is 15.0. The summed E-state index contributed by atoms with van der Waals surface area (Å²) >= 11 is 0. The summed E-state index contributed by atoms with van der Waals surface area (Å²) in [5.41, 5.74) is -0.564. The van der Waals surface area contributed by atoms with E-state index < -0.39 is 5.54 Å². The van der Waals surface area contributed by atoms with Crippen LogP contribution in [0, 0.1) is 0 Å². The van der Waals surface area contributed by atoms with E-state index in [4.69, 9.17) is 9.47 Å². The summed E-state index contributed by atoms with van der Waals surface area (Å²) in [5, 5.41) is 3.08. The predicted molar refractivity (Wildman–Crippen MR) is 79.8 cm³/mol. The lowest BCUT2D eigenvalue weighted by atomic mass is 9.95. The zero-order valence-electron chi connectivity index (χ0n) is 13.4. The number of nitrogens with one attached hydrogen (secondary N) is 1. The predicted octanol–water partition coefficient (Wildman–Crippen LogP) is 1.42. The van der Waals surface area contributed by atoms with Gasteiger partial charge in [-0.05, 0) is 59.2 Å². The number of methoxy groups -OCH3 is 2. The van der Waals surface area contributed by atoms with Crippen molar-refractivity contribution in [1.29, 1.82) is 0 Å². The average Bonchev–Trinajstić information content (AvgIpc) is 2.50. The van der Waals surface area contributed by atoms with Crippen molar-refractivity contribution in [2.75, 3.05) is 40.9 Å². The number of hydrogen-bond acceptors (Lipinski definition) is 5. The van der Waals surface area contributed by atoms with Crippen LogP contribution in [0.4, 0.5) is 0 Å². The fourth-order valence-corrected chi connectivity index (χ4v) is 2.78. The minimum Gasteiger partial charge on any atom is -0.468 e. The quantitative estimate of drug-likeness (QED) is 0.540. The summed E-state index contributed by atoms with van der Waals surface area (Å²) in [7, 11) is 5.05. The van der Waals surface area contributed by atoms with Crippen molar-refractivity contribution in [3.63, 3.8) is 0 Å². The van der Waals surface area contributed by atoms with Gasteiger partial charge in [-0.3, -0.25) is 4.79 Å². The third-order valence-electron chi connectivity index (χ3n) is 4.38. The molecule has 5 nitrogen and oxygen atoms in total. The number of carbonyl (C=O) groups excluding carboxylic acids is 1. The van der Waals surface area contributed by atoms with Gasteiger partial charge in [0.15, 0.2) is 0 Å². The van der Waals surface area contributed by atoms with Crippen molar-refractivity contribution >= 4 is 5.97 Å². The first-order valence-electron chi connectivity index (χ1n) is 7.58. The molecule has 1 heterocycles. The molecular formula is C15H30N2O3. The molecule has 118 valence electrons. The number of likely N-dealkylation sites (N-methyl/N-ethyl adjacent to an activating group) is 1. The number of nitrogens with zero attached hydrogens (tertiary/aromatic N) is 1. The molecule has 1 N–H and O–H groups in total. The maximum absolute atomic E-state index is 11.7. The summed E-state index contributed by atoms with van der Waals surface area (Å²) in [5.74, 6) is -0.183. The first-order valence-corrected chi connectivity index (χ1v) is 7.58. The Balaban J connectivity index is 2.25. The monoisotopic (exact) mass is 286 g/mol. The maximum Gasteiger partial charge on any atom is 0.325 e. The van der Waals surface area contributed by atoms with Crippen LogP contribution in [0.2, 0.25) is 0 Å². The highest BCUT2D eigenvalue weighted by atomic mass is 16.5. The lowest BCUT2D eigenvalue weighted by Crippen LogP contribution is -2.48. The van der Waals surface area contributed by atoms with E-state index in [0.29, 0.717) is 6.10 Å². The van der Waals surface area contributed by atoms with Crippen molar-refractivity contribution in [2.24, 2.45) is 0 Å². The molecule has 1 fully saturated rings. The molecule has 0 aromatic rings. The highest BCUT2D eigenvalue weighted by Crippen LogP contribution is 2.17. The maximum atomic E-state index is 11.7. The minimum atomic E-state index is -0.564. The summed E-state index contributed by atoms with van der Waals surface area (Å²) in [4.78, 5) is 14.2. The van der Waals surface area contributed by atoms with E-state index in [2.05, 4.69) is 10.2 Å². The van der Waals surface area contributed by atoms with Crippen LogP contribution >= 0.6 is 0 Å². The molecule has 2 unspecified atom stereocenters. The number of unbranched alkanes of at least 4 members (excludes halogenated alkanes) is 1. The average molecular weight is 286 g/mol. The summed E-state index contributed by atoms with van der Waals surface area (Å²) in [6, 6.07) is 0. The van der Waals surface area contributed by atoms with Crippen LogP contribution in [0.25, 0.3) is 0 Å². The van der Waals surface area contributed by atoms with E-state index in [1.807, 2.05) is 14.0 Å². The molecule has 2 atom stereocenters. The van der Waals surface area contributed by atoms with Gasteiger partial charge in [-0.1, -0.05) is 0 Å². The normalized spacial score (nSPS) is 23.3. The number of hydrogen-bond donors (Lipinski definition) is 1. The Morgan fingerprint density at radius 1 is 1.40 bits per heavy atom. The van der Waals surface area contributed by atoms with Gasteiger partial charge in [0.1, 0.15) is 5.54 Å². The largest absolute Gasteiger partial charge is 0.468 e. The zero-order valence-corrected chi connectivity index (χ0v) is 13.4. The fraction of sp³-hybridized carbons (Fsp3) is 0.933. The number of piperidine rings is 1. The topological polar surface area (TPSA) is 50.8 Å². The highest BCUT2D eigenvalue weighted by molar-refractivity contribution is 5.80. The number of likely N-dealkylation sites (tertiary alicyclic amines) is 1. The van der Waals surface area contributed by atoms with Crippen molar-refractivity contribution < 1.29 is 14.3 Å². The van der Waals surface area contributed by atoms with Gasteiger partial charge >= 0.3 is 5.97 Å². The summed E-state index contributed by atoms with van der Waals surface area (Å²) in [6.07, 6.45) is 5.70. The summed E-state index contributed by atoms with van der Waals surface area (Å²) in [6.45, 7) is 5.19. The van der Waals surface area contributed by atoms with Gasteiger partial charge in [-0.25, -0.2) is 0 Å². The van der Waals surface area contributed by atoms with Crippen LogP contribution in [0.1, 0.15) is 39.0 Å². The number of esters is 1. The van der Waals surface area contributed by atoms with Crippen molar-refractivity contribution in [1.82, 2.24) is 10.2 Å². The lowest BCUT2D eigenvalue weighted by Gasteiger charge is -2.32.